The third-order valence-corrected chi connectivity index (χ3v) is 3.30. The molecule has 0 saturated carbocycles. The summed E-state index contributed by atoms with van der Waals surface area (Å²) in [6.07, 6.45) is 0. The fraction of sp³-hybridized carbons (Fsp3) is 0.500. The lowest BCUT2D eigenvalue weighted by atomic mass is 10.4. The van der Waals surface area contributed by atoms with E-state index in [0.717, 1.165) is 0 Å². The molecular formula is C10H14BrNO2S. The van der Waals surface area contributed by atoms with Gasteiger partial charge in [-0.05, 0) is 11.4 Å². The topological polar surface area (TPSA) is 29.5 Å². The van der Waals surface area contributed by atoms with Crippen LogP contribution in [0.25, 0.3) is 0 Å². The van der Waals surface area contributed by atoms with Crippen LogP contribution in [0.5, 0.6) is 0 Å². The Morgan fingerprint density at radius 3 is 3.00 bits per heavy atom. The number of hydrogen-bond donors (Lipinski definition) is 0. The quantitative estimate of drug-likeness (QED) is 0.752. The number of thiophene rings is 1. The Labute approximate surface area is 102 Å². The van der Waals surface area contributed by atoms with Crippen molar-refractivity contribution >= 4 is 33.2 Å². The first-order valence-corrected chi connectivity index (χ1v) is 6.63. The van der Waals surface area contributed by atoms with Crippen LogP contribution in [-0.4, -0.2) is 36.4 Å². The number of carbonyl (C=O) groups excluding carboxylic acids is 1. The minimum Gasteiger partial charge on any atom is -0.383 e. The van der Waals surface area contributed by atoms with Crippen molar-refractivity contribution < 1.29 is 9.53 Å². The number of rotatable bonds is 6. The van der Waals surface area contributed by atoms with Crippen molar-refractivity contribution in [1.82, 2.24) is 4.90 Å². The molecule has 0 radical (unpaired) electrons. The van der Waals surface area contributed by atoms with Crippen molar-refractivity contribution in [3.05, 3.63) is 22.4 Å². The van der Waals surface area contributed by atoms with Crippen LogP contribution in [0.4, 0.5) is 0 Å². The van der Waals surface area contributed by atoms with Crippen LogP contribution in [-0.2, 0) is 16.1 Å². The summed E-state index contributed by atoms with van der Waals surface area (Å²) in [5.41, 5.74) is 0. The Morgan fingerprint density at radius 2 is 2.47 bits per heavy atom. The number of methoxy groups -OCH3 is 1. The number of ether oxygens (including phenoxy) is 1. The van der Waals surface area contributed by atoms with Crippen molar-refractivity contribution in [2.75, 3.05) is 25.6 Å². The van der Waals surface area contributed by atoms with Crippen molar-refractivity contribution in [3.8, 4) is 0 Å². The smallest absolute Gasteiger partial charge is 0.233 e. The predicted octanol–water partition coefficient (Wildman–Crippen LogP) is 2.12. The van der Waals surface area contributed by atoms with E-state index in [2.05, 4.69) is 15.9 Å². The second kappa shape index (κ2) is 6.98. The van der Waals surface area contributed by atoms with E-state index in [4.69, 9.17) is 4.74 Å². The molecule has 0 aromatic carbocycles. The first-order chi connectivity index (χ1) is 7.27. The number of halogens is 1. The van der Waals surface area contributed by atoms with E-state index in [9.17, 15) is 4.79 Å². The van der Waals surface area contributed by atoms with E-state index in [1.165, 1.54) is 4.88 Å². The molecule has 0 atom stereocenters. The van der Waals surface area contributed by atoms with Crippen LogP contribution in [0.2, 0.25) is 0 Å². The second-order valence-electron chi connectivity index (χ2n) is 3.02. The molecule has 0 saturated heterocycles. The molecule has 1 aromatic heterocycles. The molecule has 5 heteroatoms. The van der Waals surface area contributed by atoms with Gasteiger partial charge in [0.1, 0.15) is 0 Å². The average Bonchev–Trinajstić information content (AvgIpc) is 2.75. The van der Waals surface area contributed by atoms with Crippen molar-refractivity contribution in [1.29, 1.82) is 0 Å². The van der Waals surface area contributed by atoms with Gasteiger partial charge in [0.25, 0.3) is 0 Å². The van der Waals surface area contributed by atoms with Crippen LogP contribution >= 0.6 is 27.3 Å². The van der Waals surface area contributed by atoms with E-state index in [1.54, 1.807) is 23.3 Å². The van der Waals surface area contributed by atoms with Gasteiger partial charge in [-0.15, -0.1) is 11.3 Å². The van der Waals surface area contributed by atoms with Gasteiger partial charge < -0.3 is 9.64 Å². The standard InChI is InChI=1S/C10H14BrNO2S/c1-14-5-4-12(10(13)7-11)8-9-3-2-6-15-9/h2-3,6H,4-5,7-8H2,1H3. The molecule has 1 rings (SSSR count). The van der Waals surface area contributed by atoms with Crippen molar-refractivity contribution in [2.45, 2.75) is 6.54 Å². The summed E-state index contributed by atoms with van der Waals surface area (Å²) in [6.45, 7) is 1.88. The van der Waals surface area contributed by atoms with E-state index in [0.29, 0.717) is 25.0 Å². The lowest BCUT2D eigenvalue weighted by Gasteiger charge is -2.20. The van der Waals surface area contributed by atoms with Gasteiger partial charge in [-0.3, -0.25) is 4.79 Å². The summed E-state index contributed by atoms with van der Waals surface area (Å²) in [4.78, 5) is 14.6. The average molecular weight is 292 g/mol. The summed E-state index contributed by atoms with van der Waals surface area (Å²) in [5.74, 6) is 0.0976. The number of carbonyl (C=O) groups is 1. The van der Waals surface area contributed by atoms with Gasteiger partial charge in [0, 0.05) is 18.5 Å². The summed E-state index contributed by atoms with van der Waals surface area (Å²) in [7, 11) is 1.64. The summed E-state index contributed by atoms with van der Waals surface area (Å²) >= 11 is 4.85. The highest BCUT2D eigenvalue weighted by Gasteiger charge is 2.12. The third-order valence-electron chi connectivity index (χ3n) is 1.96. The van der Waals surface area contributed by atoms with Crippen LogP contribution in [0.15, 0.2) is 17.5 Å². The van der Waals surface area contributed by atoms with E-state index in [1.807, 2.05) is 17.5 Å². The Hall–Kier alpha value is -0.390. The van der Waals surface area contributed by atoms with E-state index in [-0.39, 0.29) is 5.91 Å². The largest absolute Gasteiger partial charge is 0.383 e. The monoisotopic (exact) mass is 291 g/mol. The lowest BCUT2D eigenvalue weighted by Crippen LogP contribution is -2.33. The minimum absolute atomic E-state index is 0.0976. The molecule has 0 bridgehead atoms. The van der Waals surface area contributed by atoms with E-state index < -0.39 is 0 Å². The zero-order valence-corrected chi connectivity index (χ0v) is 11.0. The zero-order chi connectivity index (χ0) is 11.1. The molecule has 0 spiro atoms. The maximum absolute atomic E-state index is 11.6. The first kappa shape index (κ1) is 12.7. The molecule has 0 aliphatic heterocycles. The molecule has 0 fully saturated rings. The summed E-state index contributed by atoms with van der Waals surface area (Å²) in [6, 6.07) is 4.03. The molecule has 15 heavy (non-hydrogen) atoms. The second-order valence-corrected chi connectivity index (χ2v) is 4.61. The number of amides is 1. The van der Waals surface area contributed by atoms with E-state index >= 15 is 0 Å². The van der Waals surface area contributed by atoms with Gasteiger partial charge in [-0.2, -0.15) is 0 Å². The Bertz CT molecular complexity index is 290. The molecule has 0 N–H and O–H groups in total. The van der Waals surface area contributed by atoms with Gasteiger partial charge in [-0.25, -0.2) is 0 Å². The molecule has 0 aliphatic carbocycles. The maximum atomic E-state index is 11.6. The fourth-order valence-electron chi connectivity index (χ4n) is 1.17. The normalized spacial score (nSPS) is 10.3. The fourth-order valence-corrected chi connectivity index (χ4v) is 2.24. The Morgan fingerprint density at radius 1 is 1.67 bits per heavy atom. The van der Waals surface area contributed by atoms with Gasteiger partial charge in [0.05, 0.1) is 18.5 Å². The highest BCUT2D eigenvalue weighted by Crippen LogP contribution is 2.12. The SMILES string of the molecule is COCCN(Cc1cccs1)C(=O)CBr. The van der Waals surface area contributed by atoms with Crippen molar-refractivity contribution in [3.63, 3.8) is 0 Å². The molecular weight excluding hydrogens is 278 g/mol. The number of nitrogens with zero attached hydrogens (tertiary/aromatic N) is 1. The zero-order valence-electron chi connectivity index (χ0n) is 8.61. The lowest BCUT2D eigenvalue weighted by molar-refractivity contribution is -0.129. The van der Waals surface area contributed by atoms with Gasteiger partial charge in [0.2, 0.25) is 5.91 Å². The third kappa shape index (κ3) is 4.32. The molecule has 3 nitrogen and oxygen atoms in total. The van der Waals surface area contributed by atoms with Crippen LogP contribution in [0.3, 0.4) is 0 Å². The molecule has 1 aromatic rings. The molecule has 1 amide bonds. The maximum Gasteiger partial charge on any atom is 0.233 e. The number of hydrogen-bond acceptors (Lipinski definition) is 3. The molecule has 1 heterocycles. The van der Waals surface area contributed by atoms with Gasteiger partial charge in [-0.1, -0.05) is 22.0 Å². The summed E-state index contributed by atoms with van der Waals surface area (Å²) in [5, 5.41) is 2.38. The van der Waals surface area contributed by atoms with Gasteiger partial charge in [0.15, 0.2) is 0 Å². The number of alkyl halides is 1. The molecule has 0 unspecified atom stereocenters. The molecule has 0 aliphatic rings. The highest BCUT2D eigenvalue weighted by atomic mass is 79.9. The van der Waals surface area contributed by atoms with Gasteiger partial charge >= 0.3 is 0 Å². The van der Waals surface area contributed by atoms with Crippen molar-refractivity contribution in [2.24, 2.45) is 0 Å². The Balaban J connectivity index is 2.52. The first-order valence-electron chi connectivity index (χ1n) is 4.63. The Kier molecular flexibility index (Phi) is 5.90. The summed E-state index contributed by atoms with van der Waals surface area (Å²) < 4.78 is 4.98. The van der Waals surface area contributed by atoms with Crippen LogP contribution < -0.4 is 0 Å². The van der Waals surface area contributed by atoms with Crippen LogP contribution in [0.1, 0.15) is 4.88 Å². The molecule has 84 valence electrons. The minimum atomic E-state index is 0.0976. The van der Waals surface area contributed by atoms with Crippen LogP contribution in [0, 0.1) is 0 Å². The highest BCUT2D eigenvalue weighted by molar-refractivity contribution is 9.09. The predicted molar refractivity (Wildman–Crippen MR) is 65.4 cm³/mol.